The van der Waals surface area contributed by atoms with E-state index in [-0.39, 0.29) is 25.2 Å². The fraction of sp³-hybridized carbons (Fsp3) is 0.350. The average Bonchev–Trinajstić information content (AvgIpc) is 3.93. The van der Waals surface area contributed by atoms with Gasteiger partial charge in [0.2, 0.25) is 0 Å². The zero-order valence-electron chi connectivity index (χ0n) is 29.5. The maximum atomic E-state index is 13.0. The van der Waals surface area contributed by atoms with E-state index < -0.39 is 18.1 Å². The number of alkyl carbamates (subject to hydrolysis) is 1. The molecule has 1 unspecified atom stereocenters. The van der Waals surface area contributed by atoms with Gasteiger partial charge in [0.1, 0.15) is 24.3 Å². The van der Waals surface area contributed by atoms with E-state index in [1.165, 1.54) is 11.1 Å². The SMILES string of the molecule is CCOC(=O)C(CCCN(C)Cc1ccc(CN(Cc2ncc[nH]2)[C@@H](C)c2ncc[nH]2)cc1)NC(=O)OCC1c2ccccc2-c2ccccc21. The lowest BCUT2D eigenvalue weighted by atomic mass is 9.98. The number of nitrogens with zero attached hydrogens (tertiary/aromatic N) is 4. The summed E-state index contributed by atoms with van der Waals surface area (Å²) in [6.45, 7) is 7.22. The van der Waals surface area contributed by atoms with E-state index in [2.05, 4.69) is 97.6 Å². The standard InChI is InChI=1S/C40H47N7O4/c1-4-50-39(48)36(45-40(49)51-27-35-33-12-7-5-10-31(33)32-11-6-8-13-34(32)35)14-9-23-46(3)24-29-15-17-30(18-16-29)25-47(26-37-41-19-20-42-37)28(2)38-43-21-22-44-38/h5-8,10-13,15-22,28,35-36H,4,9,14,23-27H2,1-3H3,(H,41,42)(H,43,44)(H,45,49)/t28-,36?/m0/s1. The number of ether oxygens (including phenoxy) is 2. The number of fused-ring (bicyclic) bond motifs is 3. The summed E-state index contributed by atoms with van der Waals surface area (Å²) in [7, 11) is 2.06. The quantitative estimate of drug-likeness (QED) is 0.0935. The van der Waals surface area contributed by atoms with E-state index in [4.69, 9.17) is 9.47 Å². The highest BCUT2D eigenvalue weighted by atomic mass is 16.6. The van der Waals surface area contributed by atoms with Gasteiger partial charge in [-0.25, -0.2) is 19.6 Å². The zero-order chi connectivity index (χ0) is 35.6. The molecule has 0 radical (unpaired) electrons. The number of aromatic nitrogens is 4. The van der Waals surface area contributed by atoms with E-state index in [0.29, 0.717) is 19.4 Å². The molecule has 3 N–H and O–H groups in total. The van der Waals surface area contributed by atoms with Crippen molar-refractivity contribution in [3.63, 3.8) is 0 Å². The normalized spacial score (nSPS) is 13.5. The Kier molecular flexibility index (Phi) is 11.9. The van der Waals surface area contributed by atoms with Crippen molar-refractivity contribution in [3.05, 3.63) is 131 Å². The first kappa shape index (κ1) is 35.6. The molecule has 0 spiro atoms. The van der Waals surface area contributed by atoms with Crippen LogP contribution in [-0.4, -0.2) is 74.6 Å². The third kappa shape index (κ3) is 9.11. The van der Waals surface area contributed by atoms with E-state index in [1.54, 1.807) is 19.3 Å². The van der Waals surface area contributed by atoms with Gasteiger partial charge in [-0.2, -0.15) is 0 Å². The highest BCUT2D eigenvalue weighted by Crippen LogP contribution is 2.44. The molecule has 266 valence electrons. The molecule has 11 heteroatoms. The molecule has 6 rings (SSSR count). The van der Waals surface area contributed by atoms with Gasteiger partial charge in [0, 0.05) is 43.8 Å². The molecule has 11 nitrogen and oxygen atoms in total. The van der Waals surface area contributed by atoms with Gasteiger partial charge in [-0.3, -0.25) is 4.90 Å². The molecule has 1 amide bonds. The van der Waals surface area contributed by atoms with E-state index in [9.17, 15) is 9.59 Å². The summed E-state index contributed by atoms with van der Waals surface area (Å²) in [5.74, 6) is 1.31. The lowest BCUT2D eigenvalue weighted by molar-refractivity contribution is -0.145. The third-order valence-corrected chi connectivity index (χ3v) is 9.47. The van der Waals surface area contributed by atoms with E-state index >= 15 is 0 Å². The second-order valence-electron chi connectivity index (χ2n) is 13.1. The molecule has 0 fully saturated rings. The molecule has 2 aromatic heterocycles. The van der Waals surface area contributed by atoms with Crippen LogP contribution in [0.4, 0.5) is 4.79 Å². The van der Waals surface area contributed by atoms with Crippen molar-refractivity contribution in [1.29, 1.82) is 0 Å². The minimum atomic E-state index is -0.791. The average molecular weight is 690 g/mol. The van der Waals surface area contributed by atoms with Gasteiger partial charge in [-0.1, -0.05) is 72.8 Å². The molecule has 51 heavy (non-hydrogen) atoms. The number of hydrogen-bond donors (Lipinski definition) is 3. The summed E-state index contributed by atoms with van der Waals surface area (Å²) in [6, 6.07) is 24.4. The Bertz CT molecular complexity index is 1800. The van der Waals surface area contributed by atoms with Crippen LogP contribution < -0.4 is 5.32 Å². The number of nitrogens with one attached hydrogen (secondary N) is 3. The predicted octanol–water partition coefficient (Wildman–Crippen LogP) is 6.58. The van der Waals surface area contributed by atoms with Crippen LogP contribution in [0, 0.1) is 0 Å². The maximum absolute atomic E-state index is 13.0. The van der Waals surface area contributed by atoms with Crippen LogP contribution >= 0.6 is 0 Å². The Morgan fingerprint density at radius 1 is 0.843 bits per heavy atom. The predicted molar refractivity (Wildman–Crippen MR) is 195 cm³/mol. The van der Waals surface area contributed by atoms with Crippen molar-refractivity contribution in [2.45, 2.75) is 64.3 Å². The van der Waals surface area contributed by atoms with Crippen molar-refractivity contribution < 1.29 is 19.1 Å². The van der Waals surface area contributed by atoms with Crippen molar-refractivity contribution in [3.8, 4) is 11.1 Å². The summed E-state index contributed by atoms with van der Waals surface area (Å²) in [5, 5.41) is 2.78. The van der Waals surface area contributed by atoms with Gasteiger partial charge < -0.3 is 29.7 Å². The highest BCUT2D eigenvalue weighted by Gasteiger charge is 2.30. The monoisotopic (exact) mass is 689 g/mol. The fourth-order valence-electron chi connectivity index (χ4n) is 6.80. The van der Waals surface area contributed by atoms with Crippen LogP contribution in [0.3, 0.4) is 0 Å². The molecule has 0 saturated carbocycles. The first-order chi connectivity index (χ1) is 24.9. The third-order valence-electron chi connectivity index (χ3n) is 9.47. The Labute approximate surface area is 299 Å². The van der Waals surface area contributed by atoms with Gasteiger partial charge in [0.25, 0.3) is 0 Å². The highest BCUT2D eigenvalue weighted by molar-refractivity contribution is 5.82. The van der Waals surface area contributed by atoms with E-state index in [0.717, 1.165) is 53.5 Å². The Morgan fingerprint density at radius 3 is 2.12 bits per heavy atom. The molecule has 3 aromatic carbocycles. The number of carbonyl (C=O) groups is 2. The number of H-pyrrole nitrogens is 2. The first-order valence-corrected chi connectivity index (χ1v) is 17.7. The molecule has 0 bridgehead atoms. The van der Waals surface area contributed by atoms with Crippen molar-refractivity contribution in [2.24, 2.45) is 0 Å². The molecule has 1 aliphatic carbocycles. The smallest absolute Gasteiger partial charge is 0.407 e. The molecule has 5 aromatic rings. The summed E-state index contributed by atoms with van der Waals surface area (Å²) in [5.41, 5.74) is 6.99. The molecule has 0 aliphatic heterocycles. The molecular formula is C40H47N7O4. The lowest BCUT2D eigenvalue weighted by Crippen LogP contribution is -2.42. The van der Waals surface area contributed by atoms with Crippen LogP contribution in [0.15, 0.2) is 97.6 Å². The van der Waals surface area contributed by atoms with Gasteiger partial charge in [-0.15, -0.1) is 0 Å². The Hall–Kier alpha value is -5.26. The minimum absolute atomic E-state index is 0.0575. The fourth-order valence-corrected chi connectivity index (χ4v) is 6.80. The summed E-state index contributed by atoms with van der Waals surface area (Å²) < 4.78 is 11.0. The Balaban J connectivity index is 0.984. The van der Waals surface area contributed by atoms with Crippen LogP contribution in [0.1, 0.15) is 72.6 Å². The van der Waals surface area contributed by atoms with Gasteiger partial charge in [0.05, 0.1) is 19.2 Å². The van der Waals surface area contributed by atoms with Crippen molar-refractivity contribution in [1.82, 2.24) is 35.1 Å². The van der Waals surface area contributed by atoms with E-state index in [1.807, 2.05) is 36.7 Å². The number of esters is 1. The number of aromatic amines is 2. The molecule has 2 atom stereocenters. The number of hydrogen-bond acceptors (Lipinski definition) is 8. The Morgan fingerprint density at radius 2 is 1.49 bits per heavy atom. The van der Waals surface area contributed by atoms with Crippen LogP contribution in [0.25, 0.3) is 11.1 Å². The first-order valence-electron chi connectivity index (χ1n) is 17.7. The van der Waals surface area contributed by atoms with Crippen LogP contribution in [-0.2, 0) is 33.9 Å². The maximum Gasteiger partial charge on any atom is 0.407 e. The van der Waals surface area contributed by atoms with Crippen LogP contribution in [0.2, 0.25) is 0 Å². The van der Waals surface area contributed by atoms with Crippen molar-refractivity contribution >= 4 is 12.1 Å². The summed E-state index contributed by atoms with van der Waals surface area (Å²) >= 11 is 0. The molecule has 2 heterocycles. The van der Waals surface area contributed by atoms with Crippen LogP contribution in [0.5, 0.6) is 0 Å². The second-order valence-corrected chi connectivity index (χ2v) is 13.1. The van der Waals surface area contributed by atoms with Gasteiger partial charge in [-0.05, 0) is 73.7 Å². The molecule has 0 saturated heterocycles. The van der Waals surface area contributed by atoms with Gasteiger partial charge >= 0.3 is 12.1 Å². The second kappa shape index (κ2) is 17.1. The number of rotatable bonds is 17. The van der Waals surface area contributed by atoms with Gasteiger partial charge in [0.15, 0.2) is 0 Å². The number of amides is 1. The molecule has 1 aliphatic rings. The lowest BCUT2D eigenvalue weighted by Gasteiger charge is -2.27. The largest absolute Gasteiger partial charge is 0.464 e. The zero-order valence-corrected chi connectivity index (χ0v) is 29.5. The van der Waals surface area contributed by atoms with Crippen molar-refractivity contribution in [2.75, 3.05) is 26.8 Å². The number of imidazole rings is 2. The summed E-state index contributed by atoms with van der Waals surface area (Å²) in [6.07, 6.45) is 7.74. The topological polar surface area (TPSA) is 128 Å². The molecular weight excluding hydrogens is 642 g/mol. The number of benzene rings is 3. The summed E-state index contributed by atoms with van der Waals surface area (Å²) in [4.78, 5) is 45.7. The number of carbonyl (C=O) groups excluding carboxylic acids is 2. The minimum Gasteiger partial charge on any atom is -0.464 e.